The van der Waals surface area contributed by atoms with Crippen LogP contribution in [0, 0.1) is 12.7 Å². The lowest BCUT2D eigenvalue weighted by molar-refractivity contribution is 0.0915. The van der Waals surface area contributed by atoms with Crippen molar-refractivity contribution in [3.05, 3.63) is 35.4 Å². The number of aromatic nitrogens is 3. The molecule has 0 saturated heterocycles. The number of carbonyl (C=O) groups is 1. The van der Waals surface area contributed by atoms with E-state index >= 15 is 0 Å². The lowest BCUT2D eigenvalue weighted by atomic mass is 10.2. The number of amides is 1. The Morgan fingerprint density at radius 3 is 2.91 bits per heavy atom. The zero-order valence-electron chi connectivity index (χ0n) is 12.2. The molecule has 1 saturated carbocycles. The van der Waals surface area contributed by atoms with E-state index < -0.39 is 17.3 Å². The van der Waals surface area contributed by atoms with E-state index in [-0.39, 0.29) is 11.4 Å². The van der Waals surface area contributed by atoms with Gasteiger partial charge < -0.3 is 14.6 Å². The van der Waals surface area contributed by atoms with Gasteiger partial charge in [0.2, 0.25) is 5.88 Å². The highest BCUT2D eigenvalue weighted by Gasteiger charge is 2.51. The fraction of sp³-hybridized carbons (Fsp3) is 0.429. The summed E-state index contributed by atoms with van der Waals surface area (Å²) >= 11 is 0. The Morgan fingerprint density at radius 2 is 2.32 bits per heavy atom. The molecule has 3 rings (SSSR count). The van der Waals surface area contributed by atoms with Crippen LogP contribution in [0.4, 0.5) is 4.39 Å². The maximum atomic E-state index is 13.8. The van der Waals surface area contributed by atoms with Crippen LogP contribution in [0.2, 0.25) is 0 Å². The van der Waals surface area contributed by atoms with E-state index in [2.05, 4.69) is 20.4 Å². The van der Waals surface area contributed by atoms with Crippen LogP contribution in [-0.2, 0) is 5.54 Å². The number of nitrogens with one attached hydrogen (secondary N) is 1. The highest BCUT2D eigenvalue weighted by Crippen LogP contribution is 2.44. The molecule has 7 nitrogen and oxygen atoms in total. The third-order valence-electron chi connectivity index (χ3n) is 3.41. The van der Waals surface area contributed by atoms with E-state index in [0.717, 1.165) is 6.20 Å². The molecule has 0 radical (unpaired) electrons. The van der Waals surface area contributed by atoms with E-state index in [0.29, 0.717) is 31.2 Å². The molecule has 2 heterocycles. The van der Waals surface area contributed by atoms with Crippen LogP contribution in [0.1, 0.15) is 41.8 Å². The first-order valence-electron chi connectivity index (χ1n) is 6.96. The Bertz CT molecular complexity index is 712. The van der Waals surface area contributed by atoms with Crippen molar-refractivity contribution in [2.24, 2.45) is 0 Å². The molecule has 0 atom stereocenters. The Kier molecular flexibility index (Phi) is 3.51. The lowest BCUT2D eigenvalue weighted by Crippen LogP contribution is -2.35. The average molecular weight is 306 g/mol. The standard InChI is InChI=1S/C14H15FN4O3/c1-3-21-11-6-9(10(15)7-16-11)12(20)18-14(4-5-14)13-17-8(2)19-22-13/h6-7H,3-5H2,1-2H3,(H,18,20). The van der Waals surface area contributed by atoms with Gasteiger partial charge >= 0.3 is 0 Å². The van der Waals surface area contributed by atoms with Gasteiger partial charge in [0.15, 0.2) is 11.6 Å². The Labute approximate surface area is 125 Å². The summed E-state index contributed by atoms with van der Waals surface area (Å²) in [6, 6.07) is 1.28. The van der Waals surface area contributed by atoms with Gasteiger partial charge in [-0.1, -0.05) is 5.16 Å². The van der Waals surface area contributed by atoms with Crippen molar-refractivity contribution >= 4 is 5.91 Å². The third-order valence-corrected chi connectivity index (χ3v) is 3.41. The first-order chi connectivity index (χ1) is 10.5. The van der Waals surface area contributed by atoms with E-state index in [1.807, 2.05) is 0 Å². The SMILES string of the molecule is CCOc1cc(C(=O)NC2(c3nc(C)no3)CC2)c(F)cn1. The topological polar surface area (TPSA) is 90.1 Å². The summed E-state index contributed by atoms with van der Waals surface area (Å²) in [6.45, 7) is 3.86. The molecule has 0 unspecified atom stereocenters. The lowest BCUT2D eigenvalue weighted by Gasteiger charge is -2.13. The number of hydrogen-bond acceptors (Lipinski definition) is 6. The number of carbonyl (C=O) groups excluding carboxylic acids is 1. The Balaban J connectivity index is 1.81. The summed E-state index contributed by atoms with van der Waals surface area (Å²) in [6.07, 6.45) is 2.31. The fourth-order valence-electron chi connectivity index (χ4n) is 2.11. The van der Waals surface area contributed by atoms with E-state index in [1.54, 1.807) is 13.8 Å². The van der Waals surface area contributed by atoms with Crippen molar-refractivity contribution < 1.29 is 18.4 Å². The first-order valence-corrected chi connectivity index (χ1v) is 6.96. The number of nitrogens with zero attached hydrogens (tertiary/aromatic N) is 3. The monoisotopic (exact) mass is 306 g/mol. The molecule has 1 aliphatic rings. The summed E-state index contributed by atoms with van der Waals surface area (Å²) < 4.78 is 24.1. The number of hydrogen-bond donors (Lipinski definition) is 1. The third kappa shape index (κ3) is 2.63. The van der Waals surface area contributed by atoms with Crippen LogP contribution in [0.5, 0.6) is 5.88 Å². The number of pyridine rings is 1. The van der Waals surface area contributed by atoms with Gasteiger partial charge in [0.25, 0.3) is 11.8 Å². The van der Waals surface area contributed by atoms with E-state index in [9.17, 15) is 9.18 Å². The first kappa shape index (κ1) is 14.4. The maximum absolute atomic E-state index is 13.8. The van der Waals surface area contributed by atoms with Gasteiger partial charge in [-0.25, -0.2) is 9.37 Å². The molecule has 2 aromatic rings. The maximum Gasteiger partial charge on any atom is 0.255 e. The van der Waals surface area contributed by atoms with Gasteiger partial charge in [-0.15, -0.1) is 0 Å². The van der Waals surface area contributed by atoms with Crippen LogP contribution in [0.3, 0.4) is 0 Å². The summed E-state index contributed by atoms with van der Waals surface area (Å²) in [4.78, 5) is 20.2. The number of aryl methyl sites for hydroxylation is 1. The molecule has 0 bridgehead atoms. The molecular weight excluding hydrogens is 291 g/mol. The minimum Gasteiger partial charge on any atom is -0.478 e. The second-order valence-electron chi connectivity index (χ2n) is 5.12. The van der Waals surface area contributed by atoms with Crippen molar-refractivity contribution in [3.63, 3.8) is 0 Å². The van der Waals surface area contributed by atoms with Crippen molar-refractivity contribution in [2.75, 3.05) is 6.61 Å². The van der Waals surface area contributed by atoms with E-state index in [1.165, 1.54) is 6.07 Å². The van der Waals surface area contributed by atoms with Gasteiger partial charge in [-0.3, -0.25) is 4.79 Å². The predicted octanol–water partition coefficient (Wildman–Crippen LogP) is 1.73. The Morgan fingerprint density at radius 1 is 1.55 bits per heavy atom. The summed E-state index contributed by atoms with van der Waals surface area (Å²) in [5, 5.41) is 6.48. The minimum absolute atomic E-state index is 0.124. The van der Waals surface area contributed by atoms with Crippen molar-refractivity contribution in [1.29, 1.82) is 0 Å². The molecule has 0 spiro atoms. The zero-order valence-corrected chi connectivity index (χ0v) is 12.2. The summed E-state index contributed by atoms with van der Waals surface area (Å²) in [5.74, 6) is -0.234. The highest BCUT2D eigenvalue weighted by atomic mass is 19.1. The molecular formula is C14H15FN4O3. The van der Waals surface area contributed by atoms with Crippen LogP contribution in [0.15, 0.2) is 16.8 Å². The number of halogens is 1. The molecule has 2 aromatic heterocycles. The smallest absolute Gasteiger partial charge is 0.255 e. The van der Waals surface area contributed by atoms with Crippen LogP contribution < -0.4 is 10.1 Å². The second-order valence-corrected chi connectivity index (χ2v) is 5.12. The highest BCUT2D eigenvalue weighted by molar-refractivity contribution is 5.95. The molecule has 1 amide bonds. The molecule has 0 aromatic carbocycles. The van der Waals surface area contributed by atoms with Crippen LogP contribution in [-0.4, -0.2) is 27.6 Å². The summed E-state index contributed by atoms with van der Waals surface area (Å²) in [5.41, 5.74) is -0.819. The Hall–Kier alpha value is -2.51. The van der Waals surface area contributed by atoms with Gasteiger partial charge in [0, 0.05) is 6.07 Å². The molecule has 8 heteroatoms. The van der Waals surface area contributed by atoms with Gasteiger partial charge in [-0.05, 0) is 26.7 Å². The van der Waals surface area contributed by atoms with E-state index in [4.69, 9.17) is 9.26 Å². The van der Waals surface area contributed by atoms with Gasteiger partial charge in [0.1, 0.15) is 5.54 Å². The summed E-state index contributed by atoms with van der Waals surface area (Å²) in [7, 11) is 0. The number of rotatable bonds is 5. The van der Waals surface area contributed by atoms with Crippen LogP contribution >= 0.6 is 0 Å². The molecule has 1 aliphatic carbocycles. The molecule has 22 heavy (non-hydrogen) atoms. The molecule has 1 fully saturated rings. The quantitative estimate of drug-likeness (QED) is 0.904. The molecule has 0 aliphatic heterocycles. The average Bonchev–Trinajstić information content (AvgIpc) is 3.13. The van der Waals surface area contributed by atoms with Crippen LogP contribution in [0.25, 0.3) is 0 Å². The van der Waals surface area contributed by atoms with Gasteiger partial charge in [0.05, 0.1) is 18.4 Å². The zero-order chi connectivity index (χ0) is 15.7. The second kappa shape index (κ2) is 5.36. The van der Waals surface area contributed by atoms with Crippen molar-refractivity contribution in [2.45, 2.75) is 32.2 Å². The van der Waals surface area contributed by atoms with Crippen molar-refractivity contribution in [3.8, 4) is 5.88 Å². The largest absolute Gasteiger partial charge is 0.478 e. The molecule has 116 valence electrons. The minimum atomic E-state index is -0.710. The van der Waals surface area contributed by atoms with Gasteiger partial charge in [-0.2, -0.15) is 4.98 Å². The predicted molar refractivity (Wildman–Crippen MR) is 72.8 cm³/mol. The molecule has 1 N–H and O–H groups in total. The number of ether oxygens (including phenoxy) is 1. The fourth-order valence-corrected chi connectivity index (χ4v) is 2.11. The van der Waals surface area contributed by atoms with Crippen molar-refractivity contribution in [1.82, 2.24) is 20.4 Å². The normalized spacial score (nSPS) is 15.4.